The number of para-hydroxylation sites is 2. The summed E-state index contributed by atoms with van der Waals surface area (Å²) in [6.45, 7) is 4.02. The van der Waals surface area contributed by atoms with Crippen LogP contribution in [-0.4, -0.2) is 324 Å². The van der Waals surface area contributed by atoms with Crippen LogP contribution in [0.2, 0.25) is 0 Å². The van der Waals surface area contributed by atoms with E-state index in [4.69, 9.17) is 22.9 Å². The van der Waals surface area contributed by atoms with Gasteiger partial charge in [-0.15, -0.1) is 11.8 Å². The molecule has 0 saturated carbocycles. The largest absolute Gasteiger partial charge is 0.508 e. The van der Waals surface area contributed by atoms with Crippen molar-refractivity contribution in [3.8, 4) is 5.75 Å². The molecule has 0 radical (unpaired) electrons. The van der Waals surface area contributed by atoms with Crippen LogP contribution in [0.25, 0.3) is 21.8 Å². The Bertz CT molecular complexity index is 4970. The highest BCUT2D eigenvalue weighted by molar-refractivity contribution is 8.00. The number of H-pyrrole nitrogens is 1. The summed E-state index contributed by atoms with van der Waals surface area (Å²) in [5.74, 6) is -19.5. The molecule has 3 saturated heterocycles. The molecule has 0 spiro atoms. The molecule has 0 aliphatic carbocycles. The lowest BCUT2D eigenvalue weighted by Crippen LogP contribution is -2.62. The molecule has 43 nitrogen and oxygen atoms in total. The van der Waals surface area contributed by atoms with Gasteiger partial charge in [-0.25, -0.2) is 0 Å². The Hall–Kier alpha value is -12.8. The minimum absolute atomic E-state index is 0.0265. The molecule has 0 bridgehead atoms. The minimum atomic E-state index is -1.96. The van der Waals surface area contributed by atoms with E-state index in [1.54, 1.807) is 75.5 Å². The Morgan fingerprint density at radius 2 is 1.11 bits per heavy atom. The summed E-state index contributed by atoms with van der Waals surface area (Å²) >= 11 is 0.741. The molecular formula is C87H123N21O22S. The number of hydrogen-bond donors (Lipinski definition) is 19. The minimum Gasteiger partial charge on any atom is -0.508 e. The number of nitrogens with zero attached hydrogens (tertiary/aromatic N) is 6. The maximum absolute atomic E-state index is 15.8. The third kappa shape index (κ3) is 28.1. The average Bonchev–Trinajstić information content (AvgIpc) is 1.10. The number of unbranched alkanes of at least 4 members (excludes halogenated alkanes) is 2. The molecule has 17 amide bonds. The highest BCUT2D eigenvalue weighted by atomic mass is 32.2. The number of hydrogen-bond acceptors (Lipinski definition) is 24. The maximum Gasteiger partial charge on any atom is 0.323 e. The number of thioether (sulfide) groups is 1. The van der Waals surface area contributed by atoms with E-state index < -0.39 is 267 Å². The van der Waals surface area contributed by atoms with Gasteiger partial charge in [-0.3, -0.25) is 86.3 Å². The van der Waals surface area contributed by atoms with E-state index in [2.05, 4.69) is 58.2 Å². The first-order chi connectivity index (χ1) is 62.2. The first-order valence-corrected chi connectivity index (χ1v) is 44.7. The van der Waals surface area contributed by atoms with Crippen molar-refractivity contribution >= 4 is 140 Å². The van der Waals surface area contributed by atoms with Crippen LogP contribution in [-0.2, 0) is 112 Å². The number of phenolic OH excluding ortho intramolecular Hbond substituents is 1. The summed E-state index contributed by atoms with van der Waals surface area (Å²) in [6.07, 6.45) is 0.786. The molecule has 3 aliphatic heterocycles. The highest BCUT2D eigenvalue weighted by Crippen LogP contribution is 2.29. The van der Waals surface area contributed by atoms with Crippen LogP contribution in [0.15, 0.2) is 85.2 Å². The molecule has 0 unspecified atom stereocenters. The summed E-state index contributed by atoms with van der Waals surface area (Å²) in [5, 5.41) is 69.4. The number of aliphatic hydroxyl groups is 2. The molecule has 714 valence electrons. The average molecular weight is 1850 g/mol. The Kier molecular flexibility index (Phi) is 38.5. The van der Waals surface area contributed by atoms with Gasteiger partial charge in [-0.1, -0.05) is 102 Å². The van der Waals surface area contributed by atoms with Crippen molar-refractivity contribution in [1.29, 1.82) is 0 Å². The fraction of sp³-hybridized carbons (Fsp3) is 0.540. The number of aliphatic carboxylic acids is 1. The van der Waals surface area contributed by atoms with Crippen LogP contribution in [0.4, 0.5) is 0 Å². The molecule has 23 N–H and O–H groups in total. The van der Waals surface area contributed by atoms with Crippen LogP contribution >= 0.6 is 11.8 Å². The molecule has 131 heavy (non-hydrogen) atoms. The highest BCUT2D eigenvalue weighted by Gasteiger charge is 2.47. The van der Waals surface area contributed by atoms with Crippen molar-refractivity contribution in [2.75, 3.05) is 72.0 Å². The monoisotopic (exact) mass is 1850 g/mol. The van der Waals surface area contributed by atoms with Gasteiger partial charge in [-0.05, 0) is 85.9 Å². The number of carboxylic acids is 1. The number of aromatic amines is 1. The number of nitrogens with two attached hydrogens (primary N) is 4. The van der Waals surface area contributed by atoms with Gasteiger partial charge in [0, 0.05) is 113 Å². The predicted octanol–water partition coefficient (Wildman–Crippen LogP) is -4.68. The van der Waals surface area contributed by atoms with Crippen molar-refractivity contribution in [1.82, 2.24) is 87.2 Å². The van der Waals surface area contributed by atoms with E-state index in [0.717, 1.165) is 36.3 Å². The standard InChI is InChI=1S/C87H123N21O22S/c1-9-11-21-66-80(123)99-62(37-89)78(121)102-64(75(118)93-39-71(91)113)44-131-45-72(114)94-58(31-48-25-27-51(110)28-26-48)83(126)103(6)47(5)74(117)96-60(35-70(90)112)85(128)107-29-17-24-67(107)81(124)100-61(36-88)77(120)97-57(30-46(3)4)86(129)108-41-52(111)34-69(108)82(125)95-56(32-49-38-92-55-20-15-13-18-53(49)55)76(119)101-63(43-109)79(122)98-59(84(127)105(8)68(22-12-10-2)87(130)104(66)7)33-50-40-106(42-73(115)116)65-23-16-14-19-54(50)65/h13-16,18-20,23,25-28,38,40,46-47,52,56-64,66-69,92,109-111H,9-12,17,21-22,24,29-37,39,41-45,88-89H2,1-8H3,(H2,90,112)(H2,91,113)(H,93,118)(H,94,114)(H,95,125)(H,96,117)(H,97,120)(H,98,122)(H,99,123)(H,100,124)(H,101,119)(H,102,121)(H,115,116)/t47-,52+,56-,57-,58-,59-,60+,61-,62-,63-,64-,66-,67-,68-,69-/m0/s1. The van der Waals surface area contributed by atoms with E-state index in [-0.39, 0.29) is 69.6 Å². The SMILES string of the molecule is CCCC[C@H]1C(=O)N(C)[C@@H](CCCC)C(=O)N[C@@H](CN)C(=O)N[C@H](C(=O)NCC(N)=O)CSCC(=O)N[C@@H](Cc2ccc(O)cc2)C(=O)N(C)[C@@H](C)C(=O)N[C@H](CC(N)=O)C(=O)N2CCC[C@H]2C(=O)N[C@@H](CN)C(=O)N[C@@H](CC(C)C)C(=O)N2C[C@H](O)C[C@H]2C(=O)N[C@@H](Cc2c[nH]c3ccccc23)C(=O)N[C@@H](CO)C(=O)N[C@@H](Cc2cn(CC(=O)O)c3ccccc23)C(=O)N1C. The topological polar surface area (TPSA) is 649 Å². The molecule has 3 aromatic carbocycles. The summed E-state index contributed by atoms with van der Waals surface area (Å²) < 4.78 is 1.40. The Balaban J connectivity index is 1.19. The third-order valence-electron chi connectivity index (χ3n) is 23.3. The number of amides is 17. The van der Waals surface area contributed by atoms with Crippen LogP contribution in [0.3, 0.4) is 0 Å². The van der Waals surface area contributed by atoms with Gasteiger partial charge < -0.3 is 131 Å². The van der Waals surface area contributed by atoms with Gasteiger partial charge in [-0.2, -0.15) is 0 Å². The number of likely N-dealkylation sites (N-methyl/N-ethyl adjacent to an activating group) is 3. The molecule has 8 rings (SSSR count). The summed E-state index contributed by atoms with van der Waals surface area (Å²) in [4.78, 5) is 268. The van der Waals surface area contributed by atoms with E-state index in [0.29, 0.717) is 57.8 Å². The molecule has 2 aromatic heterocycles. The number of aliphatic hydroxyl groups excluding tert-OH is 2. The second kappa shape index (κ2) is 48.7. The smallest absolute Gasteiger partial charge is 0.323 e. The van der Waals surface area contributed by atoms with Gasteiger partial charge in [0.2, 0.25) is 100 Å². The van der Waals surface area contributed by atoms with Gasteiger partial charge >= 0.3 is 5.97 Å². The summed E-state index contributed by atoms with van der Waals surface area (Å²) in [6, 6.07) is -3.43. The molecule has 3 aliphatic rings. The number of phenols is 1. The first kappa shape index (κ1) is 104. The number of carbonyl (C=O) groups excluding carboxylic acids is 17. The number of carboxylic acid groups (broad SMARTS) is 1. The van der Waals surface area contributed by atoms with Crippen LogP contribution in [0.5, 0.6) is 5.75 Å². The Morgan fingerprint density at radius 1 is 0.565 bits per heavy atom. The predicted molar refractivity (Wildman–Crippen MR) is 478 cm³/mol. The molecule has 5 aromatic rings. The van der Waals surface area contributed by atoms with E-state index in [9.17, 15) is 78.0 Å². The number of aromatic hydroxyl groups is 1. The normalized spacial score (nSPS) is 25.2. The van der Waals surface area contributed by atoms with Crippen LogP contribution in [0, 0.1) is 5.92 Å². The molecule has 44 heteroatoms. The zero-order valence-electron chi connectivity index (χ0n) is 74.6. The van der Waals surface area contributed by atoms with E-state index >= 15 is 28.8 Å². The zero-order chi connectivity index (χ0) is 96.4. The molecule has 3 fully saturated rings. The van der Waals surface area contributed by atoms with Crippen molar-refractivity contribution in [3.05, 3.63) is 102 Å². The van der Waals surface area contributed by atoms with Gasteiger partial charge in [0.15, 0.2) is 0 Å². The number of benzene rings is 3. The maximum atomic E-state index is 15.8. The number of fused-ring (bicyclic) bond motifs is 4. The lowest BCUT2D eigenvalue weighted by atomic mass is 10.00. The van der Waals surface area contributed by atoms with Crippen LogP contribution in [0.1, 0.15) is 122 Å². The quantitative estimate of drug-likeness (QED) is 0.0276. The lowest BCUT2D eigenvalue weighted by molar-refractivity contribution is -0.149. The van der Waals surface area contributed by atoms with Crippen molar-refractivity contribution in [2.45, 2.75) is 222 Å². The van der Waals surface area contributed by atoms with Crippen molar-refractivity contribution < 1.29 is 107 Å². The third-order valence-corrected chi connectivity index (χ3v) is 24.4. The van der Waals surface area contributed by atoms with E-state index in [1.165, 1.54) is 63.1 Å². The first-order valence-electron chi connectivity index (χ1n) is 43.6. The van der Waals surface area contributed by atoms with Crippen molar-refractivity contribution in [2.24, 2.45) is 28.9 Å². The summed E-state index contributed by atoms with van der Waals surface area (Å²) in [7, 11) is 3.78. The zero-order valence-corrected chi connectivity index (χ0v) is 75.4. The number of rotatable bonds is 24. The second-order valence-corrected chi connectivity index (χ2v) is 34.5. The molecular weight excluding hydrogens is 1720 g/mol. The molecule has 15 atom stereocenters. The van der Waals surface area contributed by atoms with Crippen LogP contribution < -0.4 is 76.1 Å². The van der Waals surface area contributed by atoms with E-state index in [1.807, 2.05) is 6.92 Å². The fourth-order valence-corrected chi connectivity index (χ4v) is 16.9. The Morgan fingerprint density at radius 3 is 1.74 bits per heavy atom. The number of primary amides is 2. The van der Waals surface area contributed by atoms with Crippen molar-refractivity contribution in [3.63, 3.8) is 0 Å². The second-order valence-electron chi connectivity index (χ2n) is 33.5. The summed E-state index contributed by atoms with van der Waals surface area (Å²) in [5.41, 5.74) is 25.6. The number of nitrogens with one attached hydrogen (secondary N) is 11. The van der Waals surface area contributed by atoms with Gasteiger partial charge in [0.1, 0.15) is 96.9 Å². The van der Waals surface area contributed by atoms with Gasteiger partial charge in [0.05, 0.1) is 31.4 Å². The van der Waals surface area contributed by atoms with Gasteiger partial charge in [0.25, 0.3) is 0 Å². The molecule has 5 heterocycles. The fourth-order valence-electron chi connectivity index (χ4n) is 16.1. The Labute approximate surface area is 760 Å². The lowest BCUT2D eigenvalue weighted by Gasteiger charge is -2.36. The number of carbonyl (C=O) groups is 18. The number of aromatic nitrogens is 2.